The molecule has 6 N–H and O–H groups in total. The fraction of sp³-hybridized carbons (Fsp3) is 0.926. The zero-order valence-corrected chi connectivity index (χ0v) is 22.9. The van der Waals surface area contributed by atoms with Gasteiger partial charge in [-0.2, -0.15) is 0 Å². The normalized spacial score (nSPS) is 24.5. The molecule has 0 radical (unpaired) electrons. The summed E-state index contributed by atoms with van der Waals surface area (Å²) < 4.78 is 10.8. The van der Waals surface area contributed by atoms with Gasteiger partial charge in [0.25, 0.3) is 5.91 Å². The van der Waals surface area contributed by atoms with Gasteiger partial charge in [-0.05, 0) is 6.42 Å². The monoisotopic (exact) mass is 532 g/mol. The van der Waals surface area contributed by atoms with Gasteiger partial charge in [-0.3, -0.25) is 9.59 Å². The number of unbranched alkanes of at least 4 members (excludes halogenated alkanes) is 13. The van der Waals surface area contributed by atoms with E-state index in [9.17, 15) is 30.0 Å². The Kier molecular flexibility index (Phi) is 18.8. The van der Waals surface area contributed by atoms with Crippen molar-refractivity contribution in [1.29, 1.82) is 0 Å². The van der Waals surface area contributed by atoms with Gasteiger partial charge >= 0.3 is 0 Å². The molecule has 37 heavy (non-hydrogen) atoms. The number of hydrogen-bond donors (Lipinski definition) is 6. The van der Waals surface area contributed by atoms with Crippen molar-refractivity contribution in [2.75, 3.05) is 19.8 Å². The average molecular weight is 533 g/mol. The number of nitrogens with one attached hydrogen (secondary N) is 2. The second-order valence-electron chi connectivity index (χ2n) is 10.2. The van der Waals surface area contributed by atoms with E-state index < -0.39 is 61.8 Å². The zero-order chi connectivity index (χ0) is 27.5. The molecule has 218 valence electrons. The summed E-state index contributed by atoms with van der Waals surface area (Å²) in [6.45, 7) is 2.92. The molecule has 0 aliphatic carbocycles. The summed E-state index contributed by atoms with van der Waals surface area (Å²) in [4.78, 5) is 23.6. The molecule has 6 atom stereocenters. The van der Waals surface area contributed by atoms with Crippen LogP contribution in [0.1, 0.15) is 104 Å². The second-order valence-corrected chi connectivity index (χ2v) is 10.2. The van der Waals surface area contributed by atoms with Gasteiger partial charge in [0.05, 0.1) is 13.2 Å². The standard InChI is InChI=1S/C27H52N2O8/c1-3-4-5-6-7-8-9-10-11-12-13-14-15-16-17-28-26(35)21(32)19-36-27-23(29-20(2)31)25(34)24(33)22(18-30)37-27/h21-25,27,30,32-34H,3-19H2,1-2H3,(H,28,35)(H,29,31). The third-order valence-corrected chi connectivity index (χ3v) is 6.80. The molecule has 1 aliphatic heterocycles. The first-order valence-corrected chi connectivity index (χ1v) is 14.3. The van der Waals surface area contributed by atoms with E-state index in [-0.39, 0.29) is 0 Å². The molecule has 6 unspecified atom stereocenters. The first kappa shape index (κ1) is 33.7. The molecule has 1 fully saturated rings. The highest BCUT2D eigenvalue weighted by Gasteiger charge is 2.45. The molecule has 1 heterocycles. The van der Waals surface area contributed by atoms with Gasteiger partial charge in [-0.15, -0.1) is 0 Å². The van der Waals surface area contributed by atoms with Crippen LogP contribution in [-0.4, -0.2) is 88.7 Å². The number of carbonyl (C=O) groups excluding carboxylic acids is 2. The Labute approximate surface area is 222 Å². The molecule has 0 aromatic heterocycles. The van der Waals surface area contributed by atoms with Crippen LogP contribution in [0.2, 0.25) is 0 Å². The van der Waals surface area contributed by atoms with E-state index in [1.54, 1.807) is 0 Å². The highest BCUT2D eigenvalue weighted by Crippen LogP contribution is 2.22. The first-order valence-electron chi connectivity index (χ1n) is 14.3. The van der Waals surface area contributed by atoms with Crippen molar-refractivity contribution in [2.24, 2.45) is 0 Å². The Morgan fingerprint density at radius 2 is 1.38 bits per heavy atom. The molecule has 0 spiro atoms. The van der Waals surface area contributed by atoms with Crippen LogP contribution in [0.25, 0.3) is 0 Å². The minimum atomic E-state index is -1.47. The summed E-state index contributed by atoms with van der Waals surface area (Å²) in [7, 11) is 0. The Balaban J connectivity index is 2.13. The van der Waals surface area contributed by atoms with Crippen molar-refractivity contribution in [1.82, 2.24) is 10.6 Å². The molecule has 1 rings (SSSR count). The number of aliphatic hydroxyl groups is 4. The van der Waals surface area contributed by atoms with E-state index in [0.717, 1.165) is 19.3 Å². The van der Waals surface area contributed by atoms with E-state index in [2.05, 4.69) is 17.6 Å². The minimum Gasteiger partial charge on any atom is -0.394 e. The molecular weight excluding hydrogens is 480 g/mol. The van der Waals surface area contributed by atoms with Crippen LogP contribution >= 0.6 is 0 Å². The van der Waals surface area contributed by atoms with Crippen molar-refractivity contribution in [3.05, 3.63) is 0 Å². The minimum absolute atomic E-state index is 0.438. The van der Waals surface area contributed by atoms with E-state index in [0.29, 0.717) is 6.54 Å². The van der Waals surface area contributed by atoms with Crippen molar-refractivity contribution in [3.63, 3.8) is 0 Å². The number of aliphatic hydroxyl groups excluding tert-OH is 4. The lowest BCUT2D eigenvalue weighted by atomic mass is 9.97. The van der Waals surface area contributed by atoms with Crippen LogP contribution in [0.15, 0.2) is 0 Å². The summed E-state index contributed by atoms with van der Waals surface area (Å²) in [5.41, 5.74) is 0. The topological polar surface area (TPSA) is 158 Å². The maximum atomic E-state index is 12.2. The molecule has 1 saturated heterocycles. The number of carbonyl (C=O) groups is 2. The predicted molar refractivity (Wildman–Crippen MR) is 141 cm³/mol. The smallest absolute Gasteiger partial charge is 0.251 e. The number of hydrogen-bond acceptors (Lipinski definition) is 8. The van der Waals surface area contributed by atoms with Crippen molar-refractivity contribution in [2.45, 2.75) is 140 Å². The number of amides is 2. The molecule has 0 aromatic carbocycles. The SMILES string of the molecule is CCCCCCCCCCCCCCCCNC(=O)C(O)COC1OC(CO)C(O)C(O)C1NC(C)=O. The van der Waals surface area contributed by atoms with Crippen molar-refractivity contribution >= 4 is 11.8 Å². The quantitative estimate of drug-likeness (QED) is 0.122. The molecule has 0 aromatic rings. The second kappa shape index (κ2) is 20.6. The lowest BCUT2D eigenvalue weighted by Gasteiger charge is -2.42. The van der Waals surface area contributed by atoms with Crippen LogP contribution in [-0.2, 0) is 19.1 Å². The Bertz CT molecular complexity index is 609. The zero-order valence-electron chi connectivity index (χ0n) is 22.9. The highest BCUT2D eigenvalue weighted by molar-refractivity contribution is 5.80. The van der Waals surface area contributed by atoms with Crippen LogP contribution < -0.4 is 10.6 Å². The van der Waals surface area contributed by atoms with Gasteiger partial charge in [0.2, 0.25) is 5.91 Å². The summed E-state index contributed by atoms with van der Waals surface area (Å²) in [5, 5.41) is 44.9. The van der Waals surface area contributed by atoms with E-state index in [1.807, 2.05) is 0 Å². The molecule has 10 nitrogen and oxygen atoms in total. The van der Waals surface area contributed by atoms with Gasteiger partial charge in [0.1, 0.15) is 24.4 Å². The summed E-state index contributed by atoms with van der Waals surface area (Å²) in [6, 6.07) is -1.12. The largest absolute Gasteiger partial charge is 0.394 e. The van der Waals surface area contributed by atoms with Gasteiger partial charge in [0.15, 0.2) is 12.4 Å². The van der Waals surface area contributed by atoms with Gasteiger partial charge in [-0.25, -0.2) is 0 Å². The van der Waals surface area contributed by atoms with Crippen LogP contribution in [0.5, 0.6) is 0 Å². The molecule has 0 bridgehead atoms. The van der Waals surface area contributed by atoms with E-state index in [4.69, 9.17) is 9.47 Å². The summed E-state index contributed by atoms with van der Waals surface area (Å²) in [6.07, 6.45) is 10.8. The molecule has 10 heteroatoms. The number of ether oxygens (including phenoxy) is 2. The lowest BCUT2D eigenvalue weighted by molar-refractivity contribution is -0.273. The lowest BCUT2D eigenvalue weighted by Crippen LogP contribution is -2.64. The summed E-state index contributed by atoms with van der Waals surface area (Å²) >= 11 is 0. The maximum absolute atomic E-state index is 12.2. The van der Waals surface area contributed by atoms with Gasteiger partial charge in [0, 0.05) is 13.5 Å². The summed E-state index contributed by atoms with van der Waals surface area (Å²) in [5.74, 6) is -1.07. The average Bonchev–Trinajstić information content (AvgIpc) is 2.88. The molecule has 1 aliphatic rings. The van der Waals surface area contributed by atoms with Gasteiger partial charge < -0.3 is 40.5 Å². The molecule has 0 saturated carbocycles. The fourth-order valence-corrected chi connectivity index (χ4v) is 4.52. The third-order valence-electron chi connectivity index (χ3n) is 6.80. The van der Waals surface area contributed by atoms with Crippen LogP contribution in [0, 0.1) is 0 Å². The Morgan fingerprint density at radius 1 is 0.865 bits per heavy atom. The fourth-order valence-electron chi connectivity index (χ4n) is 4.52. The Hall–Kier alpha value is -1.30. The van der Waals surface area contributed by atoms with Crippen molar-refractivity contribution < 1.29 is 39.5 Å². The molecule has 2 amide bonds. The van der Waals surface area contributed by atoms with E-state index >= 15 is 0 Å². The number of rotatable bonds is 21. The van der Waals surface area contributed by atoms with Crippen molar-refractivity contribution in [3.8, 4) is 0 Å². The molecular formula is C27H52N2O8. The Morgan fingerprint density at radius 3 is 1.86 bits per heavy atom. The van der Waals surface area contributed by atoms with Crippen LogP contribution in [0.3, 0.4) is 0 Å². The first-order chi connectivity index (χ1) is 17.8. The van der Waals surface area contributed by atoms with Crippen LogP contribution in [0.4, 0.5) is 0 Å². The maximum Gasteiger partial charge on any atom is 0.251 e. The van der Waals surface area contributed by atoms with E-state index in [1.165, 1.54) is 77.6 Å². The van der Waals surface area contributed by atoms with Gasteiger partial charge in [-0.1, -0.05) is 90.4 Å². The predicted octanol–water partition coefficient (Wildman–Crippen LogP) is 1.91. The third kappa shape index (κ3) is 14.4. The highest BCUT2D eigenvalue weighted by atomic mass is 16.7.